The largest absolute Gasteiger partial charge is 0.496 e. The number of nitrogens with zero attached hydrogens (tertiary/aromatic N) is 1. The number of methoxy groups -OCH3 is 1. The van der Waals surface area contributed by atoms with Crippen LogP contribution in [-0.2, 0) is 9.53 Å². The molecule has 23 heavy (non-hydrogen) atoms. The molecule has 1 fully saturated rings. The average molecular weight is 319 g/mol. The van der Waals surface area contributed by atoms with Crippen LogP contribution in [0.4, 0.5) is 0 Å². The van der Waals surface area contributed by atoms with Crippen molar-refractivity contribution in [3.8, 4) is 5.75 Å². The van der Waals surface area contributed by atoms with E-state index in [-0.39, 0.29) is 17.8 Å². The van der Waals surface area contributed by atoms with Crippen molar-refractivity contribution in [2.24, 2.45) is 5.92 Å². The summed E-state index contributed by atoms with van der Waals surface area (Å²) >= 11 is 0. The third kappa shape index (κ3) is 3.84. The maximum atomic E-state index is 12.9. The van der Waals surface area contributed by atoms with E-state index in [1.165, 1.54) is 0 Å². The summed E-state index contributed by atoms with van der Waals surface area (Å²) in [6.07, 6.45) is 1.58. The number of ether oxygens (including phenoxy) is 2. The van der Waals surface area contributed by atoms with Gasteiger partial charge in [-0.15, -0.1) is 0 Å². The van der Waals surface area contributed by atoms with Crippen LogP contribution in [0.1, 0.15) is 41.3 Å². The van der Waals surface area contributed by atoms with Gasteiger partial charge >= 0.3 is 5.97 Å². The van der Waals surface area contributed by atoms with E-state index < -0.39 is 0 Å². The molecule has 5 nitrogen and oxygen atoms in total. The van der Waals surface area contributed by atoms with Crippen molar-refractivity contribution in [3.05, 3.63) is 28.8 Å². The topological polar surface area (TPSA) is 55.8 Å². The van der Waals surface area contributed by atoms with Crippen LogP contribution in [0.3, 0.4) is 0 Å². The summed E-state index contributed by atoms with van der Waals surface area (Å²) in [5.74, 6) is 0.0865. The number of hydrogen-bond donors (Lipinski definition) is 0. The van der Waals surface area contributed by atoms with E-state index in [1.807, 2.05) is 26.0 Å². The highest BCUT2D eigenvalue weighted by Crippen LogP contribution is 2.28. The van der Waals surface area contributed by atoms with Gasteiger partial charge in [-0.25, -0.2) is 0 Å². The normalized spacial score (nSPS) is 17.7. The Hall–Kier alpha value is -2.04. The fraction of sp³-hybridized carbons (Fsp3) is 0.556. The summed E-state index contributed by atoms with van der Waals surface area (Å²) < 4.78 is 10.5. The van der Waals surface area contributed by atoms with Gasteiger partial charge in [-0.3, -0.25) is 9.59 Å². The third-order valence-corrected chi connectivity index (χ3v) is 4.18. The number of carbonyl (C=O) groups excluding carboxylic acids is 2. The molecule has 1 saturated heterocycles. The molecule has 1 atom stereocenters. The van der Waals surface area contributed by atoms with Crippen molar-refractivity contribution in [2.45, 2.75) is 33.6 Å². The highest BCUT2D eigenvalue weighted by atomic mass is 16.5. The molecule has 1 aromatic carbocycles. The Morgan fingerprint density at radius 2 is 2.04 bits per heavy atom. The van der Waals surface area contributed by atoms with Gasteiger partial charge in [-0.1, -0.05) is 6.07 Å². The minimum absolute atomic E-state index is 0.0809. The van der Waals surface area contributed by atoms with Gasteiger partial charge in [0, 0.05) is 13.1 Å². The summed E-state index contributed by atoms with van der Waals surface area (Å²) in [5, 5.41) is 0. The van der Waals surface area contributed by atoms with Gasteiger partial charge in [0.25, 0.3) is 5.91 Å². The van der Waals surface area contributed by atoms with Gasteiger partial charge in [0.15, 0.2) is 0 Å². The predicted molar refractivity (Wildman–Crippen MR) is 87.7 cm³/mol. The smallest absolute Gasteiger partial charge is 0.310 e. The molecule has 0 spiro atoms. The standard InChI is InChI=1S/C18H25NO4/c1-5-23-18(21)14-7-6-8-19(11-14)17(20)15-10-12(2)9-13(3)16(15)22-4/h9-10,14H,5-8,11H2,1-4H3. The molecular weight excluding hydrogens is 294 g/mol. The van der Waals surface area contributed by atoms with E-state index in [0.717, 1.165) is 24.0 Å². The van der Waals surface area contributed by atoms with Gasteiger partial charge in [-0.2, -0.15) is 0 Å². The second-order valence-electron chi connectivity index (χ2n) is 6.00. The lowest BCUT2D eigenvalue weighted by Gasteiger charge is -2.32. The minimum atomic E-state index is -0.232. The Morgan fingerprint density at radius 3 is 2.70 bits per heavy atom. The number of benzene rings is 1. The summed E-state index contributed by atoms with van der Waals surface area (Å²) in [7, 11) is 1.58. The lowest BCUT2D eigenvalue weighted by Crippen LogP contribution is -2.43. The van der Waals surface area contributed by atoms with Gasteiger partial charge in [0.2, 0.25) is 0 Å². The summed E-state index contributed by atoms with van der Waals surface area (Å²) in [6, 6.07) is 3.84. The van der Waals surface area contributed by atoms with Crippen molar-refractivity contribution in [3.63, 3.8) is 0 Å². The molecule has 1 aliphatic rings. The second-order valence-corrected chi connectivity index (χ2v) is 6.00. The molecule has 5 heteroatoms. The number of rotatable bonds is 4. The fourth-order valence-electron chi connectivity index (χ4n) is 3.17. The maximum Gasteiger partial charge on any atom is 0.310 e. The number of amides is 1. The number of hydrogen-bond acceptors (Lipinski definition) is 4. The SMILES string of the molecule is CCOC(=O)C1CCCN(C(=O)c2cc(C)cc(C)c2OC)C1. The molecular formula is C18H25NO4. The van der Waals surface area contributed by atoms with Crippen molar-refractivity contribution in [1.82, 2.24) is 4.90 Å². The molecule has 1 aliphatic heterocycles. The first kappa shape index (κ1) is 17.3. The summed E-state index contributed by atoms with van der Waals surface area (Å²) in [6.45, 7) is 7.12. The van der Waals surface area contributed by atoms with E-state index in [0.29, 0.717) is 31.0 Å². The van der Waals surface area contributed by atoms with Gasteiger partial charge < -0.3 is 14.4 Å². The Bertz CT molecular complexity index is 597. The zero-order chi connectivity index (χ0) is 17.0. The van der Waals surface area contributed by atoms with Gasteiger partial charge in [-0.05, 0) is 50.8 Å². The number of carbonyl (C=O) groups is 2. The Kier molecular flexibility index (Phi) is 5.64. The molecule has 0 bridgehead atoms. The Labute approximate surface area is 137 Å². The fourth-order valence-corrected chi connectivity index (χ4v) is 3.17. The van der Waals surface area contributed by atoms with Crippen molar-refractivity contribution >= 4 is 11.9 Å². The van der Waals surface area contributed by atoms with Gasteiger partial charge in [0.1, 0.15) is 5.75 Å². The lowest BCUT2D eigenvalue weighted by atomic mass is 9.96. The van der Waals surface area contributed by atoms with Crippen LogP contribution in [0.15, 0.2) is 12.1 Å². The average Bonchev–Trinajstić information content (AvgIpc) is 2.54. The molecule has 1 aromatic rings. The number of aryl methyl sites for hydroxylation is 2. The molecule has 126 valence electrons. The highest BCUT2D eigenvalue weighted by molar-refractivity contribution is 5.98. The molecule has 0 aromatic heterocycles. The number of piperidine rings is 1. The van der Waals surface area contributed by atoms with E-state index in [9.17, 15) is 9.59 Å². The van der Waals surface area contributed by atoms with Crippen LogP contribution in [0.5, 0.6) is 5.75 Å². The highest BCUT2D eigenvalue weighted by Gasteiger charge is 2.31. The number of esters is 1. The Balaban J connectivity index is 2.22. The van der Waals surface area contributed by atoms with Crippen molar-refractivity contribution in [1.29, 1.82) is 0 Å². The molecule has 1 heterocycles. The molecule has 1 unspecified atom stereocenters. The molecule has 0 radical (unpaired) electrons. The van der Waals surface area contributed by atoms with Crippen LogP contribution in [0.25, 0.3) is 0 Å². The zero-order valence-electron chi connectivity index (χ0n) is 14.3. The molecule has 0 saturated carbocycles. The maximum absolute atomic E-state index is 12.9. The van der Waals surface area contributed by atoms with Crippen molar-refractivity contribution < 1.29 is 19.1 Å². The monoisotopic (exact) mass is 319 g/mol. The molecule has 1 amide bonds. The Morgan fingerprint density at radius 1 is 1.30 bits per heavy atom. The summed E-state index contributed by atoms with van der Waals surface area (Å²) in [4.78, 5) is 26.6. The van der Waals surface area contributed by atoms with Crippen LogP contribution in [0, 0.1) is 19.8 Å². The lowest BCUT2D eigenvalue weighted by molar-refractivity contribution is -0.149. The second kappa shape index (κ2) is 7.49. The predicted octanol–water partition coefficient (Wildman–Crippen LogP) is 2.73. The minimum Gasteiger partial charge on any atom is -0.496 e. The quantitative estimate of drug-likeness (QED) is 0.801. The zero-order valence-corrected chi connectivity index (χ0v) is 14.3. The molecule has 2 rings (SSSR count). The molecule has 0 aliphatic carbocycles. The van der Waals surface area contributed by atoms with Crippen LogP contribution < -0.4 is 4.74 Å². The van der Waals surface area contributed by atoms with Crippen LogP contribution in [-0.4, -0.2) is 43.6 Å². The number of likely N-dealkylation sites (tertiary alicyclic amines) is 1. The first-order valence-corrected chi connectivity index (χ1v) is 8.09. The van der Waals surface area contributed by atoms with Crippen LogP contribution >= 0.6 is 0 Å². The van der Waals surface area contributed by atoms with Gasteiger partial charge in [0.05, 0.1) is 25.2 Å². The van der Waals surface area contributed by atoms with E-state index >= 15 is 0 Å². The third-order valence-electron chi connectivity index (χ3n) is 4.18. The first-order valence-electron chi connectivity index (χ1n) is 8.09. The summed E-state index contributed by atoms with van der Waals surface area (Å²) in [5.41, 5.74) is 2.52. The first-order chi connectivity index (χ1) is 11.0. The molecule has 0 N–H and O–H groups in total. The van der Waals surface area contributed by atoms with E-state index in [4.69, 9.17) is 9.47 Å². The van der Waals surface area contributed by atoms with E-state index in [2.05, 4.69) is 0 Å². The van der Waals surface area contributed by atoms with Crippen molar-refractivity contribution in [2.75, 3.05) is 26.8 Å². The van der Waals surface area contributed by atoms with Crippen LogP contribution in [0.2, 0.25) is 0 Å². The van der Waals surface area contributed by atoms with E-state index in [1.54, 1.807) is 18.9 Å².